The van der Waals surface area contributed by atoms with Gasteiger partial charge in [-0.05, 0) is 25.7 Å². The summed E-state index contributed by atoms with van der Waals surface area (Å²) in [6.07, 6.45) is 7.46. The molecule has 0 aromatic heterocycles. The number of imide groups is 1. The van der Waals surface area contributed by atoms with Crippen LogP contribution >= 0.6 is 11.8 Å². The number of nitrogens with zero attached hydrogens (tertiary/aromatic N) is 1. The fourth-order valence-corrected chi connectivity index (χ4v) is 5.73. The van der Waals surface area contributed by atoms with E-state index in [1.165, 1.54) is 0 Å². The van der Waals surface area contributed by atoms with Crippen molar-refractivity contribution in [2.75, 3.05) is 5.75 Å². The number of carbonyl (C=O) groups excluding carboxylic acids is 5. The Labute approximate surface area is 186 Å². The standard InChI is InChI=1S/C21H31N3O6S/c25-14(8-5-6-9-16-20-15(13-31-16)22-21(29)23-20)7-3-1-2-4-10-19(28)30-24-17(26)11-12-18(24)27/h15-16,20H,1-13H2,(H2,22,23,29). The van der Waals surface area contributed by atoms with Crippen LogP contribution in [0.5, 0.6) is 0 Å². The van der Waals surface area contributed by atoms with Gasteiger partial charge in [0, 0.05) is 43.1 Å². The molecule has 0 spiro atoms. The fraction of sp³-hybridized carbons (Fsp3) is 0.762. The zero-order valence-corrected chi connectivity index (χ0v) is 18.5. The third-order valence-corrected chi connectivity index (χ3v) is 7.43. The first-order valence-corrected chi connectivity index (χ1v) is 12.3. The molecule has 0 saturated carbocycles. The van der Waals surface area contributed by atoms with Gasteiger partial charge in [-0.2, -0.15) is 11.8 Å². The zero-order valence-electron chi connectivity index (χ0n) is 17.7. The van der Waals surface area contributed by atoms with Crippen molar-refractivity contribution in [2.24, 2.45) is 0 Å². The van der Waals surface area contributed by atoms with Crippen molar-refractivity contribution in [3.8, 4) is 0 Å². The normalized spacial score (nSPS) is 24.8. The quantitative estimate of drug-likeness (QED) is 0.249. The number of Topliss-reactive ketones (excluding diaryl/α,β-unsaturated/α-hetero) is 1. The van der Waals surface area contributed by atoms with Crippen molar-refractivity contribution >= 4 is 41.4 Å². The van der Waals surface area contributed by atoms with E-state index in [1.54, 1.807) is 0 Å². The first-order chi connectivity index (χ1) is 14.9. The summed E-state index contributed by atoms with van der Waals surface area (Å²) in [5.74, 6) is -0.271. The van der Waals surface area contributed by atoms with Crippen molar-refractivity contribution in [1.29, 1.82) is 0 Å². The summed E-state index contributed by atoms with van der Waals surface area (Å²) in [5, 5.41) is 6.94. The molecule has 3 saturated heterocycles. The average molecular weight is 454 g/mol. The van der Waals surface area contributed by atoms with Crippen LogP contribution in [0.25, 0.3) is 0 Å². The minimum Gasteiger partial charge on any atom is -0.332 e. The maximum atomic E-state index is 12.0. The molecule has 2 N–H and O–H groups in total. The van der Waals surface area contributed by atoms with E-state index in [2.05, 4.69) is 10.6 Å². The maximum absolute atomic E-state index is 12.0. The summed E-state index contributed by atoms with van der Waals surface area (Å²) >= 11 is 1.90. The Balaban J connectivity index is 1.15. The number of carbonyl (C=O) groups is 5. The van der Waals surface area contributed by atoms with Crippen LogP contribution in [-0.4, -0.2) is 57.7 Å². The van der Waals surface area contributed by atoms with Gasteiger partial charge in [0.05, 0.1) is 12.1 Å². The highest BCUT2D eigenvalue weighted by atomic mass is 32.2. The molecule has 3 rings (SSSR count). The van der Waals surface area contributed by atoms with Gasteiger partial charge in [0.1, 0.15) is 5.78 Å². The molecule has 3 heterocycles. The van der Waals surface area contributed by atoms with Crippen LogP contribution in [0.15, 0.2) is 0 Å². The lowest BCUT2D eigenvalue weighted by Gasteiger charge is -2.16. The first kappa shape index (κ1) is 23.6. The van der Waals surface area contributed by atoms with E-state index >= 15 is 0 Å². The average Bonchev–Trinajstić information content (AvgIpc) is 3.38. The Bertz CT molecular complexity index is 699. The lowest BCUT2D eigenvalue weighted by atomic mass is 10.0. The second-order valence-corrected chi connectivity index (χ2v) is 9.64. The predicted molar refractivity (Wildman–Crippen MR) is 114 cm³/mol. The summed E-state index contributed by atoms with van der Waals surface area (Å²) < 4.78 is 0. The topological polar surface area (TPSA) is 122 Å². The molecule has 3 atom stereocenters. The van der Waals surface area contributed by atoms with Crippen molar-refractivity contribution in [2.45, 2.75) is 94.4 Å². The van der Waals surface area contributed by atoms with Gasteiger partial charge in [-0.15, -0.1) is 5.06 Å². The zero-order chi connectivity index (χ0) is 22.2. The molecule has 3 fully saturated rings. The second-order valence-electron chi connectivity index (χ2n) is 8.37. The fourth-order valence-electron chi connectivity index (χ4n) is 4.19. The summed E-state index contributed by atoms with van der Waals surface area (Å²) in [6.45, 7) is 0. The highest BCUT2D eigenvalue weighted by molar-refractivity contribution is 8.00. The minimum atomic E-state index is -0.570. The number of fused-ring (bicyclic) bond motifs is 1. The van der Waals surface area contributed by atoms with Crippen molar-refractivity contribution in [3.63, 3.8) is 0 Å². The van der Waals surface area contributed by atoms with E-state index in [-0.39, 0.29) is 43.2 Å². The number of hydroxylamine groups is 2. The number of rotatable bonds is 13. The van der Waals surface area contributed by atoms with Crippen molar-refractivity contribution < 1.29 is 28.8 Å². The molecule has 0 bridgehead atoms. The maximum Gasteiger partial charge on any atom is 0.333 e. The molecule has 0 aromatic rings. The number of urea groups is 1. The molecule has 0 radical (unpaired) electrons. The first-order valence-electron chi connectivity index (χ1n) is 11.2. The van der Waals surface area contributed by atoms with E-state index < -0.39 is 17.8 Å². The number of thioether (sulfide) groups is 1. The smallest absolute Gasteiger partial charge is 0.332 e. The predicted octanol–water partition coefficient (Wildman–Crippen LogP) is 2.23. The SMILES string of the molecule is O=C(CCCCCCC(=O)ON1C(=O)CCC1=O)CCCCC1SCC2NC(=O)NC21. The summed E-state index contributed by atoms with van der Waals surface area (Å²) in [6, 6.07) is 0.405. The van der Waals surface area contributed by atoms with E-state index in [9.17, 15) is 24.0 Å². The Morgan fingerprint density at radius 3 is 2.26 bits per heavy atom. The van der Waals surface area contributed by atoms with E-state index in [0.717, 1.165) is 44.3 Å². The van der Waals surface area contributed by atoms with Gasteiger partial charge in [0.2, 0.25) is 0 Å². The Hall–Kier alpha value is -2.10. The van der Waals surface area contributed by atoms with Gasteiger partial charge in [-0.1, -0.05) is 19.3 Å². The lowest BCUT2D eigenvalue weighted by Crippen LogP contribution is -2.36. The van der Waals surface area contributed by atoms with Gasteiger partial charge in [0.25, 0.3) is 11.8 Å². The monoisotopic (exact) mass is 453 g/mol. The Kier molecular flexibility index (Phi) is 8.74. The van der Waals surface area contributed by atoms with Crippen LogP contribution in [0.2, 0.25) is 0 Å². The molecular formula is C21H31N3O6S. The van der Waals surface area contributed by atoms with Crippen LogP contribution in [0.3, 0.4) is 0 Å². The highest BCUT2D eigenvalue weighted by Gasteiger charge is 2.42. The summed E-state index contributed by atoms with van der Waals surface area (Å²) in [7, 11) is 0. The summed E-state index contributed by atoms with van der Waals surface area (Å²) in [4.78, 5) is 62.7. The van der Waals surface area contributed by atoms with Crippen LogP contribution in [0, 0.1) is 0 Å². The minimum absolute atomic E-state index is 0.0656. The van der Waals surface area contributed by atoms with Gasteiger partial charge in [-0.25, -0.2) is 9.59 Å². The molecule has 3 unspecified atom stereocenters. The second kappa shape index (κ2) is 11.5. The number of nitrogens with one attached hydrogen (secondary N) is 2. The molecule has 0 aromatic carbocycles. The molecule has 10 heteroatoms. The number of hydrogen-bond acceptors (Lipinski definition) is 7. The van der Waals surface area contributed by atoms with E-state index in [0.29, 0.717) is 29.6 Å². The number of unbranched alkanes of at least 4 members (excludes halogenated alkanes) is 4. The molecule has 31 heavy (non-hydrogen) atoms. The molecule has 9 nitrogen and oxygen atoms in total. The van der Waals surface area contributed by atoms with Crippen LogP contribution in [0.1, 0.15) is 77.0 Å². The van der Waals surface area contributed by atoms with E-state index in [4.69, 9.17) is 4.84 Å². The lowest BCUT2D eigenvalue weighted by molar-refractivity contribution is -0.197. The van der Waals surface area contributed by atoms with Crippen LogP contribution in [-0.2, 0) is 24.0 Å². The highest BCUT2D eigenvalue weighted by Crippen LogP contribution is 2.33. The third kappa shape index (κ3) is 6.95. The van der Waals surface area contributed by atoms with Gasteiger partial charge >= 0.3 is 12.0 Å². The Morgan fingerprint density at radius 2 is 1.55 bits per heavy atom. The van der Waals surface area contributed by atoms with Crippen molar-refractivity contribution in [1.82, 2.24) is 15.7 Å². The summed E-state index contributed by atoms with van der Waals surface area (Å²) in [5.41, 5.74) is 0. The van der Waals surface area contributed by atoms with Gasteiger partial charge in [-0.3, -0.25) is 14.4 Å². The molecule has 172 valence electrons. The molecule has 3 aliphatic rings. The van der Waals surface area contributed by atoms with Crippen LogP contribution in [0.4, 0.5) is 4.79 Å². The van der Waals surface area contributed by atoms with Gasteiger partial charge < -0.3 is 15.5 Å². The molecule has 3 aliphatic heterocycles. The van der Waals surface area contributed by atoms with E-state index in [1.807, 2.05) is 11.8 Å². The van der Waals surface area contributed by atoms with Crippen LogP contribution < -0.4 is 10.6 Å². The molecule has 4 amide bonds. The Morgan fingerprint density at radius 1 is 0.903 bits per heavy atom. The van der Waals surface area contributed by atoms with Crippen molar-refractivity contribution in [3.05, 3.63) is 0 Å². The number of ketones is 1. The molecular weight excluding hydrogens is 422 g/mol. The number of hydrogen-bond donors (Lipinski definition) is 2. The van der Waals surface area contributed by atoms with Gasteiger partial charge in [0.15, 0.2) is 0 Å². The molecule has 0 aliphatic carbocycles. The largest absolute Gasteiger partial charge is 0.333 e. The number of amides is 4. The third-order valence-electron chi connectivity index (χ3n) is 5.92.